The maximum Gasteiger partial charge on any atom is 0.0598 e. The van der Waals surface area contributed by atoms with Crippen molar-refractivity contribution in [2.24, 2.45) is 11.8 Å². The van der Waals surface area contributed by atoms with Crippen LogP contribution in [0, 0.1) is 11.8 Å². The van der Waals surface area contributed by atoms with Crippen LogP contribution < -0.4 is 0 Å². The quantitative estimate of drug-likeness (QED) is 0.613. The summed E-state index contributed by atoms with van der Waals surface area (Å²) in [6.45, 7) is 13.9. The molecule has 0 aromatic heterocycles. The Hall–Kier alpha value is -0.0400. The van der Waals surface area contributed by atoms with E-state index in [1.807, 2.05) is 0 Å². The molecule has 11 heavy (non-hydrogen) atoms. The normalized spacial score (nSPS) is 15.5. The summed E-state index contributed by atoms with van der Waals surface area (Å²) < 4.78 is 5.65. The molecule has 0 fully saturated rings. The van der Waals surface area contributed by atoms with Gasteiger partial charge in [0.05, 0.1) is 12.2 Å². The maximum atomic E-state index is 5.65. The molecule has 0 aliphatic carbocycles. The molecule has 0 saturated carbocycles. The van der Waals surface area contributed by atoms with Crippen molar-refractivity contribution in [2.75, 3.05) is 6.61 Å². The van der Waals surface area contributed by atoms with Crippen molar-refractivity contribution in [1.29, 1.82) is 0 Å². The Balaban J connectivity index is 3.54. The Bertz CT molecular complexity index is 99.9. The van der Waals surface area contributed by atoms with Crippen LogP contribution in [0.25, 0.3) is 0 Å². The Labute approximate surface area is 71.1 Å². The minimum absolute atomic E-state index is 0.0170. The molecular formula is C10H22O. The molecule has 1 heteroatoms. The van der Waals surface area contributed by atoms with Crippen molar-refractivity contribution in [3.63, 3.8) is 0 Å². The molecule has 0 rings (SSSR count). The topological polar surface area (TPSA) is 9.23 Å². The lowest BCUT2D eigenvalue weighted by molar-refractivity contribution is -0.0262. The van der Waals surface area contributed by atoms with Gasteiger partial charge in [-0.3, -0.25) is 0 Å². The van der Waals surface area contributed by atoms with Crippen LogP contribution in [-0.2, 0) is 4.74 Å². The lowest BCUT2D eigenvalue weighted by Crippen LogP contribution is -2.24. The van der Waals surface area contributed by atoms with Crippen LogP contribution in [0.4, 0.5) is 0 Å². The van der Waals surface area contributed by atoms with Crippen LogP contribution in [0.5, 0.6) is 0 Å². The van der Waals surface area contributed by atoms with Gasteiger partial charge in [0.15, 0.2) is 0 Å². The molecule has 0 aromatic rings. The second kappa shape index (κ2) is 4.10. The smallest absolute Gasteiger partial charge is 0.0598 e. The first-order valence-corrected chi connectivity index (χ1v) is 4.47. The van der Waals surface area contributed by atoms with Gasteiger partial charge in [0, 0.05) is 0 Å². The minimum atomic E-state index is 0.0170. The SMILES string of the molecule is CC(C)[C@@H](C)COC(C)(C)C. The summed E-state index contributed by atoms with van der Waals surface area (Å²) in [5, 5.41) is 0. The predicted molar refractivity (Wildman–Crippen MR) is 49.7 cm³/mol. The van der Waals surface area contributed by atoms with Crippen LogP contribution in [0.2, 0.25) is 0 Å². The fraction of sp³-hybridized carbons (Fsp3) is 1.00. The van der Waals surface area contributed by atoms with Crippen LogP contribution in [0.15, 0.2) is 0 Å². The van der Waals surface area contributed by atoms with Crippen molar-refractivity contribution in [1.82, 2.24) is 0 Å². The minimum Gasteiger partial charge on any atom is -0.376 e. The van der Waals surface area contributed by atoms with Crippen LogP contribution >= 0.6 is 0 Å². The lowest BCUT2D eigenvalue weighted by Gasteiger charge is -2.24. The van der Waals surface area contributed by atoms with E-state index in [4.69, 9.17) is 4.74 Å². The standard InChI is InChI=1S/C10H22O/c1-8(2)9(3)7-11-10(4,5)6/h8-9H,7H2,1-6H3/t9-/m0/s1. The van der Waals surface area contributed by atoms with Gasteiger partial charge < -0.3 is 4.74 Å². The second-order valence-electron chi connectivity index (χ2n) is 4.64. The second-order valence-corrected chi connectivity index (χ2v) is 4.64. The molecule has 0 saturated heterocycles. The van der Waals surface area contributed by atoms with Crippen LogP contribution in [0.1, 0.15) is 41.5 Å². The van der Waals surface area contributed by atoms with E-state index in [1.54, 1.807) is 0 Å². The first-order valence-electron chi connectivity index (χ1n) is 4.47. The molecule has 0 heterocycles. The fourth-order valence-corrected chi connectivity index (χ4v) is 0.574. The van der Waals surface area contributed by atoms with Crippen molar-refractivity contribution >= 4 is 0 Å². The monoisotopic (exact) mass is 158 g/mol. The molecule has 0 aliphatic rings. The number of hydrogen-bond donors (Lipinski definition) is 0. The van der Waals surface area contributed by atoms with E-state index in [0.717, 1.165) is 12.5 Å². The summed E-state index contributed by atoms with van der Waals surface area (Å²) in [5.41, 5.74) is 0.0170. The molecule has 1 atom stereocenters. The molecule has 0 N–H and O–H groups in total. The summed E-state index contributed by atoms with van der Waals surface area (Å²) in [5.74, 6) is 1.38. The van der Waals surface area contributed by atoms with Crippen molar-refractivity contribution in [2.45, 2.75) is 47.1 Å². The van der Waals surface area contributed by atoms with Crippen molar-refractivity contribution in [3.8, 4) is 0 Å². The van der Waals surface area contributed by atoms with E-state index >= 15 is 0 Å². The highest BCUT2D eigenvalue weighted by molar-refractivity contribution is 4.62. The van der Waals surface area contributed by atoms with Gasteiger partial charge in [0.25, 0.3) is 0 Å². The average Bonchev–Trinajstić information content (AvgIpc) is 1.80. The number of hydrogen-bond acceptors (Lipinski definition) is 1. The van der Waals surface area contributed by atoms with E-state index in [0.29, 0.717) is 5.92 Å². The molecule has 0 amide bonds. The molecule has 0 unspecified atom stereocenters. The first-order chi connectivity index (χ1) is 4.83. The largest absolute Gasteiger partial charge is 0.376 e. The zero-order chi connectivity index (χ0) is 9.07. The maximum absolute atomic E-state index is 5.65. The summed E-state index contributed by atoms with van der Waals surface area (Å²) in [7, 11) is 0. The van der Waals surface area contributed by atoms with Gasteiger partial charge >= 0.3 is 0 Å². The van der Waals surface area contributed by atoms with Gasteiger partial charge in [-0.2, -0.15) is 0 Å². The summed E-state index contributed by atoms with van der Waals surface area (Å²) in [4.78, 5) is 0. The number of rotatable bonds is 3. The highest BCUT2D eigenvalue weighted by Gasteiger charge is 2.14. The third-order valence-electron chi connectivity index (χ3n) is 1.92. The number of ether oxygens (including phenoxy) is 1. The summed E-state index contributed by atoms with van der Waals surface area (Å²) in [6.07, 6.45) is 0. The molecule has 68 valence electrons. The Morgan fingerprint density at radius 2 is 1.55 bits per heavy atom. The predicted octanol–water partition coefficient (Wildman–Crippen LogP) is 3.09. The van der Waals surface area contributed by atoms with Crippen molar-refractivity contribution in [3.05, 3.63) is 0 Å². The molecule has 0 spiro atoms. The van der Waals surface area contributed by atoms with Gasteiger partial charge in [-0.05, 0) is 32.6 Å². The van der Waals surface area contributed by atoms with Crippen LogP contribution in [-0.4, -0.2) is 12.2 Å². The summed E-state index contributed by atoms with van der Waals surface area (Å²) >= 11 is 0. The van der Waals surface area contributed by atoms with E-state index < -0.39 is 0 Å². The van der Waals surface area contributed by atoms with Gasteiger partial charge in [-0.25, -0.2) is 0 Å². The molecular weight excluding hydrogens is 136 g/mol. The molecule has 0 radical (unpaired) electrons. The van der Waals surface area contributed by atoms with Crippen molar-refractivity contribution < 1.29 is 4.74 Å². The Kier molecular flexibility index (Phi) is 4.09. The third-order valence-corrected chi connectivity index (χ3v) is 1.92. The van der Waals surface area contributed by atoms with E-state index in [-0.39, 0.29) is 5.60 Å². The van der Waals surface area contributed by atoms with Crippen LogP contribution in [0.3, 0.4) is 0 Å². The van der Waals surface area contributed by atoms with Gasteiger partial charge in [-0.1, -0.05) is 20.8 Å². The Morgan fingerprint density at radius 1 is 1.09 bits per heavy atom. The molecule has 0 bridgehead atoms. The van der Waals surface area contributed by atoms with E-state index in [9.17, 15) is 0 Å². The fourth-order valence-electron chi connectivity index (χ4n) is 0.574. The highest BCUT2D eigenvalue weighted by atomic mass is 16.5. The Morgan fingerprint density at radius 3 is 1.82 bits per heavy atom. The van der Waals surface area contributed by atoms with Gasteiger partial charge in [-0.15, -0.1) is 0 Å². The summed E-state index contributed by atoms with van der Waals surface area (Å²) in [6, 6.07) is 0. The molecule has 0 aliphatic heterocycles. The van der Waals surface area contributed by atoms with Gasteiger partial charge in [0.2, 0.25) is 0 Å². The molecule has 0 aromatic carbocycles. The zero-order valence-corrected chi connectivity index (χ0v) is 8.77. The molecule has 1 nitrogen and oxygen atoms in total. The zero-order valence-electron chi connectivity index (χ0n) is 8.77. The van der Waals surface area contributed by atoms with Gasteiger partial charge in [0.1, 0.15) is 0 Å². The highest BCUT2D eigenvalue weighted by Crippen LogP contribution is 2.14. The lowest BCUT2D eigenvalue weighted by atomic mass is 9.99. The first kappa shape index (κ1) is 11.0. The van der Waals surface area contributed by atoms with E-state index in [1.165, 1.54) is 0 Å². The average molecular weight is 158 g/mol. The third kappa shape index (κ3) is 6.36. The van der Waals surface area contributed by atoms with E-state index in [2.05, 4.69) is 41.5 Å².